The molecule has 27 heavy (non-hydrogen) atoms. The average Bonchev–Trinajstić information content (AvgIpc) is 2.66. The zero-order chi connectivity index (χ0) is 19.1. The van der Waals surface area contributed by atoms with Gasteiger partial charge in [-0.3, -0.25) is 4.79 Å². The SMILES string of the molecule is O=C(CNC(=O)NCC1(c2ccc(Cl)cc2)CCC1)NCc1ccccc1. The summed E-state index contributed by atoms with van der Waals surface area (Å²) in [5.41, 5.74) is 2.18. The summed E-state index contributed by atoms with van der Waals surface area (Å²) in [6, 6.07) is 17.1. The molecule has 0 saturated heterocycles. The molecule has 1 aliphatic carbocycles. The molecule has 1 aliphatic rings. The second-order valence-electron chi connectivity index (χ2n) is 6.94. The van der Waals surface area contributed by atoms with Crippen molar-refractivity contribution in [3.8, 4) is 0 Å². The first-order valence-electron chi connectivity index (χ1n) is 9.16. The third-order valence-corrected chi connectivity index (χ3v) is 5.35. The Morgan fingerprint density at radius 3 is 2.26 bits per heavy atom. The van der Waals surface area contributed by atoms with E-state index in [4.69, 9.17) is 11.6 Å². The summed E-state index contributed by atoms with van der Waals surface area (Å²) in [4.78, 5) is 23.9. The van der Waals surface area contributed by atoms with Crippen LogP contribution >= 0.6 is 11.6 Å². The molecular weight excluding hydrogens is 362 g/mol. The monoisotopic (exact) mass is 385 g/mol. The van der Waals surface area contributed by atoms with Crippen LogP contribution in [-0.4, -0.2) is 25.0 Å². The van der Waals surface area contributed by atoms with E-state index in [1.165, 1.54) is 5.56 Å². The predicted octanol–water partition coefficient (Wildman–Crippen LogP) is 3.38. The highest BCUT2D eigenvalue weighted by molar-refractivity contribution is 6.30. The molecule has 0 radical (unpaired) electrons. The highest BCUT2D eigenvalue weighted by atomic mass is 35.5. The maximum atomic E-state index is 12.1. The van der Waals surface area contributed by atoms with E-state index in [0.717, 1.165) is 24.8 Å². The van der Waals surface area contributed by atoms with Gasteiger partial charge >= 0.3 is 6.03 Å². The normalized spacial score (nSPS) is 14.7. The second-order valence-corrected chi connectivity index (χ2v) is 7.38. The molecule has 2 aromatic rings. The van der Waals surface area contributed by atoms with Gasteiger partial charge in [-0.15, -0.1) is 0 Å². The summed E-state index contributed by atoms with van der Waals surface area (Å²) < 4.78 is 0. The summed E-state index contributed by atoms with van der Waals surface area (Å²) in [5.74, 6) is -0.218. The predicted molar refractivity (Wildman–Crippen MR) is 107 cm³/mol. The molecule has 2 aromatic carbocycles. The molecule has 5 nitrogen and oxygen atoms in total. The van der Waals surface area contributed by atoms with Crippen molar-refractivity contribution in [3.05, 3.63) is 70.7 Å². The molecule has 6 heteroatoms. The first kappa shape index (κ1) is 19.2. The summed E-state index contributed by atoms with van der Waals surface area (Å²) in [6.07, 6.45) is 3.22. The highest BCUT2D eigenvalue weighted by Gasteiger charge is 2.38. The second kappa shape index (κ2) is 8.91. The molecule has 1 saturated carbocycles. The number of hydrogen-bond donors (Lipinski definition) is 3. The zero-order valence-corrected chi connectivity index (χ0v) is 15.9. The molecule has 0 atom stereocenters. The first-order valence-corrected chi connectivity index (χ1v) is 9.54. The van der Waals surface area contributed by atoms with Crippen molar-refractivity contribution >= 4 is 23.5 Å². The van der Waals surface area contributed by atoms with Crippen molar-refractivity contribution in [2.45, 2.75) is 31.2 Å². The van der Waals surface area contributed by atoms with Crippen LogP contribution in [0.4, 0.5) is 4.79 Å². The number of carbonyl (C=O) groups is 2. The molecule has 3 amide bonds. The molecule has 0 spiro atoms. The number of amides is 3. The highest BCUT2D eigenvalue weighted by Crippen LogP contribution is 2.43. The van der Waals surface area contributed by atoms with Crippen LogP contribution < -0.4 is 16.0 Å². The topological polar surface area (TPSA) is 70.2 Å². The molecule has 0 unspecified atom stereocenters. The van der Waals surface area contributed by atoms with Crippen LogP contribution in [0.2, 0.25) is 5.02 Å². The molecule has 0 heterocycles. The van der Waals surface area contributed by atoms with E-state index in [2.05, 4.69) is 16.0 Å². The van der Waals surface area contributed by atoms with Gasteiger partial charge in [-0.25, -0.2) is 4.79 Å². The van der Waals surface area contributed by atoms with E-state index in [-0.39, 0.29) is 23.9 Å². The van der Waals surface area contributed by atoms with Crippen molar-refractivity contribution in [2.24, 2.45) is 0 Å². The molecule has 1 fully saturated rings. The van der Waals surface area contributed by atoms with E-state index in [1.807, 2.05) is 54.6 Å². The van der Waals surface area contributed by atoms with Crippen LogP contribution in [0.25, 0.3) is 0 Å². The van der Waals surface area contributed by atoms with Gasteiger partial charge < -0.3 is 16.0 Å². The van der Waals surface area contributed by atoms with E-state index in [0.29, 0.717) is 18.1 Å². The van der Waals surface area contributed by atoms with E-state index in [9.17, 15) is 9.59 Å². The maximum Gasteiger partial charge on any atom is 0.315 e. The molecule has 142 valence electrons. The minimum Gasteiger partial charge on any atom is -0.350 e. The van der Waals surface area contributed by atoms with Crippen LogP contribution in [0.3, 0.4) is 0 Å². The Morgan fingerprint density at radius 1 is 0.926 bits per heavy atom. The number of benzene rings is 2. The van der Waals surface area contributed by atoms with Crippen LogP contribution in [0.15, 0.2) is 54.6 Å². The van der Waals surface area contributed by atoms with Crippen LogP contribution in [0, 0.1) is 0 Å². The van der Waals surface area contributed by atoms with Crippen LogP contribution in [-0.2, 0) is 16.8 Å². The number of carbonyl (C=O) groups excluding carboxylic acids is 2. The van der Waals surface area contributed by atoms with Gasteiger partial charge in [-0.2, -0.15) is 0 Å². The summed E-state index contributed by atoms with van der Waals surface area (Å²) >= 11 is 5.97. The third-order valence-electron chi connectivity index (χ3n) is 5.10. The Morgan fingerprint density at radius 2 is 1.63 bits per heavy atom. The van der Waals surface area contributed by atoms with Crippen molar-refractivity contribution in [2.75, 3.05) is 13.1 Å². The smallest absolute Gasteiger partial charge is 0.315 e. The summed E-state index contributed by atoms with van der Waals surface area (Å²) in [6.45, 7) is 0.946. The van der Waals surface area contributed by atoms with Gasteiger partial charge in [0, 0.05) is 23.5 Å². The molecular formula is C21H24ClN3O2. The maximum absolute atomic E-state index is 12.1. The standard InChI is InChI=1S/C21H24ClN3O2/c22-18-9-7-17(8-10-18)21(11-4-12-21)15-25-20(27)24-14-19(26)23-13-16-5-2-1-3-6-16/h1-3,5-10H,4,11-15H2,(H,23,26)(H2,24,25,27). The average molecular weight is 386 g/mol. The third kappa shape index (κ3) is 5.23. The molecule has 3 rings (SSSR count). The lowest BCUT2D eigenvalue weighted by molar-refractivity contribution is -0.120. The lowest BCUT2D eigenvalue weighted by Crippen LogP contribution is -2.49. The van der Waals surface area contributed by atoms with Gasteiger partial charge in [0.1, 0.15) is 0 Å². The fourth-order valence-corrected chi connectivity index (χ4v) is 3.43. The summed E-state index contributed by atoms with van der Waals surface area (Å²) in [5, 5.41) is 9.02. The fraction of sp³-hybridized carbons (Fsp3) is 0.333. The lowest BCUT2D eigenvalue weighted by atomic mass is 9.64. The first-order chi connectivity index (χ1) is 13.1. The Bertz CT molecular complexity index is 774. The molecule has 3 N–H and O–H groups in total. The Balaban J connectivity index is 1.41. The summed E-state index contributed by atoms with van der Waals surface area (Å²) in [7, 11) is 0. The van der Waals surface area contributed by atoms with E-state index >= 15 is 0 Å². The number of halogens is 1. The Hall–Kier alpha value is -2.53. The largest absolute Gasteiger partial charge is 0.350 e. The minimum absolute atomic E-state index is 0.0303. The van der Waals surface area contributed by atoms with Crippen molar-refractivity contribution in [1.29, 1.82) is 0 Å². The van der Waals surface area contributed by atoms with Gasteiger partial charge in [0.2, 0.25) is 5.91 Å². The lowest BCUT2D eigenvalue weighted by Gasteiger charge is -2.42. The van der Waals surface area contributed by atoms with E-state index < -0.39 is 0 Å². The van der Waals surface area contributed by atoms with Crippen molar-refractivity contribution in [1.82, 2.24) is 16.0 Å². The van der Waals surface area contributed by atoms with Gasteiger partial charge in [0.15, 0.2) is 0 Å². The van der Waals surface area contributed by atoms with Crippen LogP contribution in [0.1, 0.15) is 30.4 Å². The number of rotatable bonds is 7. The Kier molecular flexibility index (Phi) is 6.35. The Labute approximate surface area is 164 Å². The molecule has 0 aromatic heterocycles. The van der Waals surface area contributed by atoms with Crippen LogP contribution in [0.5, 0.6) is 0 Å². The fourth-order valence-electron chi connectivity index (χ4n) is 3.31. The van der Waals surface area contributed by atoms with E-state index in [1.54, 1.807) is 0 Å². The molecule has 0 bridgehead atoms. The molecule has 0 aliphatic heterocycles. The number of hydrogen-bond acceptors (Lipinski definition) is 2. The van der Waals surface area contributed by atoms with Gasteiger partial charge in [-0.1, -0.05) is 60.5 Å². The zero-order valence-electron chi connectivity index (χ0n) is 15.1. The quantitative estimate of drug-likeness (QED) is 0.683. The van der Waals surface area contributed by atoms with Gasteiger partial charge in [0.25, 0.3) is 0 Å². The van der Waals surface area contributed by atoms with Crippen molar-refractivity contribution in [3.63, 3.8) is 0 Å². The van der Waals surface area contributed by atoms with Gasteiger partial charge in [0.05, 0.1) is 6.54 Å². The minimum atomic E-state index is -0.329. The number of urea groups is 1. The van der Waals surface area contributed by atoms with Crippen molar-refractivity contribution < 1.29 is 9.59 Å². The number of nitrogens with one attached hydrogen (secondary N) is 3. The van der Waals surface area contributed by atoms with Gasteiger partial charge in [-0.05, 0) is 36.1 Å².